The molecule has 8 heteroatoms. The number of aromatic nitrogens is 1. The summed E-state index contributed by atoms with van der Waals surface area (Å²) in [5.41, 5.74) is 2.48. The first-order valence-electron chi connectivity index (χ1n) is 9.10. The molecular weight excluding hydrogens is 336 g/mol. The Hall–Kier alpha value is -1.67. The van der Waals surface area contributed by atoms with E-state index >= 15 is 0 Å². The minimum Gasteiger partial charge on any atom is -0.357 e. The number of hydrogen-bond acceptors (Lipinski definition) is 5. The van der Waals surface area contributed by atoms with Crippen LogP contribution < -0.4 is 16.0 Å². The van der Waals surface area contributed by atoms with Gasteiger partial charge in [0.25, 0.3) is 5.91 Å². The average molecular weight is 367 g/mol. The van der Waals surface area contributed by atoms with Gasteiger partial charge < -0.3 is 16.0 Å². The molecule has 140 valence electrons. The van der Waals surface area contributed by atoms with Crippen molar-refractivity contribution in [3.05, 3.63) is 16.1 Å². The van der Waals surface area contributed by atoms with Crippen molar-refractivity contribution in [3.8, 4) is 0 Å². The molecule has 1 aromatic rings. The summed E-state index contributed by atoms with van der Waals surface area (Å²) in [4.78, 5) is 24.0. The predicted molar refractivity (Wildman–Crippen MR) is 103 cm³/mol. The second kappa shape index (κ2) is 10.4. The van der Waals surface area contributed by atoms with E-state index in [-0.39, 0.29) is 5.91 Å². The predicted octanol–water partition coefficient (Wildman–Crippen LogP) is 1.22. The molecule has 0 spiro atoms. The van der Waals surface area contributed by atoms with Crippen LogP contribution in [0.5, 0.6) is 0 Å². The summed E-state index contributed by atoms with van der Waals surface area (Å²) in [7, 11) is 0. The minimum absolute atomic E-state index is 0.0618. The first kappa shape index (κ1) is 19.7. The summed E-state index contributed by atoms with van der Waals surface area (Å²) < 4.78 is 0. The van der Waals surface area contributed by atoms with Crippen molar-refractivity contribution in [1.82, 2.24) is 25.8 Å². The van der Waals surface area contributed by atoms with E-state index in [0.29, 0.717) is 24.0 Å². The van der Waals surface area contributed by atoms with Crippen LogP contribution in [0.25, 0.3) is 0 Å². The molecular formula is C17H30N6OS. The molecule has 25 heavy (non-hydrogen) atoms. The van der Waals surface area contributed by atoms with Crippen molar-refractivity contribution in [2.75, 3.05) is 39.3 Å². The van der Waals surface area contributed by atoms with Gasteiger partial charge in [-0.1, -0.05) is 6.92 Å². The number of amides is 1. The maximum absolute atomic E-state index is 12.0. The van der Waals surface area contributed by atoms with E-state index in [1.165, 1.54) is 30.7 Å². The molecule has 7 nitrogen and oxygen atoms in total. The third kappa shape index (κ3) is 5.97. The van der Waals surface area contributed by atoms with Gasteiger partial charge in [-0.2, -0.15) is 0 Å². The number of guanidine groups is 1. The van der Waals surface area contributed by atoms with Gasteiger partial charge in [-0.15, -0.1) is 11.3 Å². The molecule has 0 aromatic carbocycles. The van der Waals surface area contributed by atoms with Crippen LogP contribution in [0.15, 0.2) is 10.5 Å². The number of thiazole rings is 1. The third-order valence-corrected chi connectivity index (χ3v) is 5.29. The molecule has 2 rings (SSSR count). The van der Waals surface area contributed by atoms with Crippen molar-refractivity contribution in [3.63, 3.8) is 0 Å². The van der Waals surface area contributed by atoms with Crippen LogP contribution >= 0.6 is 11.3 Å². The van der Waals surface area contributed by atoms with E-state index in [2.05, 4.69) is 39.7 Å². The molecule has 3 N–H and O–H groups in total. The van der Waals surface area contributed by atoms with Crippen LogP contribution in [-0.2, 0) is 0 Å². The maximum atomic E-state index is 12.0. The van der Waals surface area contributed by atoms with Gasteiger partial charge in [0.15, 0.2) is 5.96 Å². The average Bonchev–Trinajstić information content (AvgIpc) is 3.24. The van der Waals surface area contributed by atoms with Crippen LogP contribution in [-0.4, -0.2) is 67.1 Å². The van der Waals surface area contributed by atoms with Crippen molar-refractivity contribution < 1.29 is 4.79 Å². The quantitative estimate of drug-likeness (QED) is 0.366. The highest BCUT2D eigenvalue weighted by atomic mass is 32.1. The minimum atomic E-state index is -0.0618. The van der Waals surface area contributed by atoms with Gasteiger partial charge in [0.2, 0.25) is 0 Å². The number of carbonyl (C=O) groups is 1. The SMILES string of the molecule is CCNC(=NCC1CCCN1CC)NCCNC(=O)c1scnc1C. The topological polar surface area (TPSA) is 81.7 Å². The summed E-state index contributed by atoms with van der Waals surface area (Å²) in [6.07, 6.45) is 2.49. The Morgan fingerprint density at radius 3 is 2.84 bits per heavy atom. The van der Waals surface area contributed by atoms with E-state index in [0.717, 1.165) is 31.3 Å². The highest BCUT2D eigenvalue weighted by molar-refractivity contribution is 7.11. The normalized spacial score (nSPS) is 18.4. The van der Waals surface area contributed by atoms with Crippen LogP contribution in [0.1, 0.15) is 42.1 Å². The van der Waals surface area contributed by atoms with E-state index in [9.17, 15) is 4.79 Å². The molecule has 1 unspecified atom stereocenters. The van der Waals surface area contributed by atoms with Crippen molar-refractivity contribution in [1.29, 1.82) is 0 Å². The lowest BCUT2D eigenvalue weighted by atomic mass is 10.2. The van der Waals surface area contributed by atoms with E-state index < -0.39 is 0 Å². The lowest BCUT2D eigenvalue weighted by Crippen LogP contribution is -2.42. The number of nitrogens with zero attached hydrogens (tertiary/aromatic N) is 3. The Bertz CT molecular complexity index is 573. The van der Waals surface area contributed by atoms with Gasteiger partial charge in [0, 0.05) is 25.7 Å². The number of hydrogen-bond donors (Lipinski definition) is 3. The molecule has 1 amide bonds. The molecule has 2 heterocycles. The Kier molecular flexibility index (Phi) is 8.14. The number of likely N-dealkylation sites (tertiary alicyclic amines) is 1. The van der Waals surface area contributed by atoms with Gasteiger partial charge in [-0.25, -0.2) is 4.98 Å². The number of aryl methyl sites for hydroxylation is 1. The van der Waals surface area contributed by atoms with Crippen LogP contribution in [0.2, 0.25) is 0 Å². The summed E-state index contributed by atoms with van der Waals surface area (Å²) >= 11 is 1.37. The van der Waals surface area contributed by atoms with Gasteiger partial charge >= 0.3 is 0 Å². The van der Waals surface area contributed by atoms with E-state index in [1.807, 2.05) is 6.92 Å². The highest BCUT2D eigenvalue weighted by Gasteiger charge is 2.22. The number of aliphatic imine (C=N–C) groups is 1. The van der Waals surface area contributed by atoms with E-state index in [1.54, 1.807) is 5.51 Å². The number of rotatable bonds is 8. The molecule has 0 bridgehead atoms. The van der Waals surface area contributed by atoms with Gasteiger partial charge in [-0.3, -0.25) is 14.7 Å². The van der Waals surface area contributed by atoms with Gasteiger partial charge in [-0.05, 0) is 39.8 Å². The Balaban J connectivity index is 1.74. The fraction of sp³-hybridized carbons (Fsp3) is 0.706. The van der Waals surface area contributed by atoms with Gasteiger partial charge in [0.1, 0.15) is 4.88 Å². The standard InChI is InChI=1S/C17H30N6OS/c1-4-18-17(21-11-14-7-6-10-23(14)5-2)20-9-8-19-16(24)15-13(3)22-12-25-15/h12,14H,4-11H2,1-3H3,(H,19,24)(H2,18,20,21). The molecule has 1 aliphatic heterocycles. The number of likely N-dealkylation sites (N-methyl/N-ethyl adjacent to an activating group) is 1. The molecule has 1 fully saturated rings. The zero-order valence-corrected chi connectivity index (χ0v) is 16.3. The molecule has 0 radical (unpaired) electrons. The van der Waals surface area contributed by atoms with Crippen molar-refractivity contribution in [2.24, 2.45) is 4.99 Å². The Morgan fingerprint density at radius 2 is 2.16 bits per heavy atom. The monoisotopic (exact) mass is 366 g/mol. The molecule has 1 aromatic heterocycles. The van der Waals surface area contributed by atoms with Crippen molar-refractivity contribution in [2.45, 2.75) is 39.7 Å². The highest BCUT2D eigenvalue weighted by Crippen LogP contribution is 2.16. The van der Waals surface area contributed by atoms with Gasteiger partial charge in [0.05, 0.1) is 17.7 Å². The summed E-state index contributed by atoms with van der Waals surface area (Å²) in [5, 5.41) is 9.46. The fourth-order valence-corrected chi connectivity index (χ4v) is 3.73. The van der Waals surface area contributed by atoms with E-state index in [4.69, 9.17) is 4.99 Å². The molecule has 0 aliphatic carbocycles. The maximum Gasteiger partial charge on any atom is 0.263 e. The first-order chi connectivity index (χ1) is 12.2. The molecule has 1 atom stereocenters. The Labute approximate surface area is 154 Å². The smallest absolute Gasteiger partial charge is 0.263 e. The lowest BCUT2D eigenvalue weighted by Gasteiger charge is -2.21. The summed E-state index contributed by atoms with van der Waals surface area (Å²) in [6.45, 7) is 11.2. The van der Waals surface area contributed by atoms with Crippen LogP contribution in [0.4, 0.5) is 0 Å². The molecule has 1 saturated heterocycles. The van der Waals surface area contributed by atoms with Crippen molar-refractivity contribution >= 4 is 23.2 Å². The first-order valence-corrected chi connectivity index (χ1v) is 9.98. The summed E-state index contributed by atoms with van der Waals surface area (Å²) in [5.74, 6) is 0.752. The number of nitrogens with one attached hydrogen (secondary N) is 3. The van der Waals surface area contributed by atoms with Crippen LogP contribution in [0.3, 0.4) is 0 Å². The lowest BCUT2D eigenvalue weighted by molar-refractivity contribution is 0.0957. The zero-order chi connectivity index (χ0) is 18.1. The second-order valence-corrected chi connectivity index (χ2v) is 6.95. The molecule has 1 aliphatic rings. The summed E-state index contributed by atoms with van der Waals surface area (Å²) in [6, 6.07) is 0.550. The third-order valence-electron chi connectivity index (χ3n) is 4.36. The Morgan fingerprint density at radius 1 is 1.36 bits per heavy atom. The zero-order valence-electron chi connectivity index (χ0n) is 15.5. The molecule has 0 saturated carbocycles. The second-order valence-electron chi connectivity index (χ2n) is 6.09. The largest absolute Gasteiger partial charge is 0.357 e. The number of carbonyl (C=O) groups excluding carboxylic acids is 1. The van der Waals surface area contributed by atoms with Crippen LogP contribution in [0, 0.1) is 6.92 Å². The fourth-order valence-electron chi connectivity index (χ4n) is 3.01.